The van der Waals surface area contributed by atoms with E-state index in [2.05, 4.69) is 31.9 Å². The molecular formula is C41H27Br2ClF6N2O6. The van der Waals surface area contributed by atoms with Crippen LogP contribution < -0.4 is 14.5 Å². The lowest BCUT2D eigenvalue weighted by Crippen LogP contribution is -2.53. The van der Waals surface area contributed by atoms with Gasteiger partial charge in [-0.3, -0.25) is 19.2 Å². The lowest BCUT2D eigenvalue weighted by molar-refractivity contribution is -0.143. The molecule has 0 bridgehead atoms. The fraction of sp³-hybridized carbons (Fsp3) is 0.268. The van der Waals surface area contributed by atoms with Gasteiger partial charge in [-0.25, -0.2) is 9.80 Å². The van der Waals surface area contributed by atoms with Crippen molar-refractivity contribution in [1.82, 2.24) is 0 Å². The first-order valence-electron chi connectivity index (χ1n) is 17.6. The molecule has 6 atom stereocenters. The average Bonchev–Trinajstić information content (AvgIpc) is 3.57. The lowest BCUT2D eigenvalue weighted by Gasteiger charge is -2.51. The summed E-state index contributed by atoms with van der Waals surface area (Å²) < 4.78 is 89.6. The Kier molecular flexibility index (Phi) is 9.67. The number of allylic oxidation sites excluding steroid dienone is 2. The van der Waals surface area contributed by atoms with Crippen molar-refractivity contribution in [3.8, 4) is 11.5 Å². The highest BCUT2D eigenvalue weighted by atomic mass is 79.9. The summed E-state index contributed by atoms with van der Waals surface area (Å²) >= 11 is 13.3. The Balaban J connectivity index is 1.36. The molecule has 0 spiro atoms. The molecule has 17 heteroatoms. The first-order chi connectivity index (χ1) is 27.3. The van der Waals surface area contributed by atoms with E-state index in [9.17, 15) is 45.8 Å². The number of ether oxygens (including phenoxy) is 1. The maximum Gasteiger partial charge on any atom is 0.416 e. The van der Waals surface area contributed by atoms with Crippen LogP contribution in [0.4, 0.5) is 37.7 Å². The van der Waals surface area contributed by atoms with E-state index in [1.54, 1.807) is 48.5 Å². The molecule has 2 aliphatic carbocycles. The van der Waals surface area contributed by atoms with Crippen molar-refractivity contribution >= 4 is 78.5 Å². The first-order valence-corrected chi connectivity index (χ1v) is 19.6. The maximum absolute atomic E-state index is 15.5. The fourth-order valence-corrected chi connectivity index (χ4v) is 10.5. The van der Waals surface area contributed by atoms with Gasteiger partial charge in [-0.15, -0.1) is 0 Å². The number of benzene rings is 4. The number of halogens is 9. The number of carbonyl (C=O) groups is 4. The zero-order valence-corrected chi connectivity index (χ0v) is 33.6. The summed E-state index contributed by atoms with van der Waals surface area (Å²) in [7, 11) is 1.31. The van der Waals surface area contributed by atoms with Gasteiger partial charge in [-0.05, 0) is 104 Å². The number of aromatic hydroxyl groups is 1. The number of carbonyl (C=O) groups excluding carboxylic acids is 4. The Hall–Kier alpha value is -4.67. The molecule has 4 aromatic rings. The molecule has 8 nitrogen and oxygen atoms in total. The molecule has 4 aliphatic rings. The molecular weight excluding hydrogens is 926 g/mol. The highest BCUT2D eigenvalue weighted by Crippen LogP contribution is 2.66. The molecule has 300 valence electrons. The van der Waals surface area contributed by atoms with Crippen molar-refractivity contribution in [2.45, 2.75) is 36.5 Å². The van der Waals surface area contributed by atoms with Crippen LogP contribution in [0, 0.1) is 23.7 Å². The van der Waals surface area contributed by atoms with Gasteiger partial charge >= 0.3 is 12.4 Å². The number of hydrogen-bond acceptors (Lipinski definition) is 6. The van der Waals surface area contributed by atoms with E-state index in [0.717, 1.165) is 4.90 Å². The number of rotatable bonds is 5. The smallest absolute Gasteiger partial charge is 0.416 e. The van der Waals surface area contributed by atoms with Crippen LogP contribution in [0.25, 0.3) is 0 Å². The standard InChI is InChI=1S/C41H27Br2ClF6N2O6/c1-58-29-17-27(32(42)33(43)34(29)53)31-24-10-11-25-30(37(56)51(35(25)54)23-13-19(40(45,46)47)12-20(14-23)41(48,49)50)26(24)16-28-36(55)52(22-9-5-8-21(44)15-22)38(57)39(28,31)18-6-3-2-4-7-18/h2-10,12-15,17,25-26,28,30-31,53H,11,16H2,1H3/t25-,26+,28-,30-,31+,39+/m0/s1. The second-order valence-corrected chi connectivity index (χ2v) is 16.5. The van der Waals surface area contributed by atoms with Crippen LogP contribution in [-0.4, -0.2) is 35.8 Å². The van der Waals surface area contributed by atoms with Crippen LogP contribution >= 0.6 is 43.5 Å². The Labute approximate surface area is 347 Å². The second-order valence-electron chi connectivity index (χ2n) is 14.5. The molecule has 4 aromatic carbocycles. The predicted octanol–water partition coefficient (Wildman–Crippen LogP) is 9.98. The third-order valence-electron chi connectivity index (χ3n) is 11.7. The summed E-state index contributed by atoms with van der Waals surface area (Å²) in [4.78, 5) is 60.6. The van der Waals surface area contributed by atoms with Gasteiger partial charge in [0.2, 0.25) is 23.6 Å². The van der Waals surface area contributed by atoms with Gasteiger partial charge in [-0.1, -0.05) is 59.6 Å². The van der Waals surface area contributed by atoms with Gasteiger partial charge in [0.15, 0.2) is 11.5 Å². The number of hydrogen-bond donors (Lipinski definition) is 1. The molecule has 2 saturated heterocycles. The van der Waals surface area contributed by atoms with Crippen molar-refractivity contribution in [3.05, 3.63) is 127 Å². The molecule has 1 N–H and O–H groups in total. The Morgan fingerprint density at radius 1 is 0.776 bits per heavy atom. The molecule has 2 aliphatic heterocycles. The minimum Gasteiger partial charge on any atom is -0.503 e. The van der Waals surface area contributed by atoms with Gasteiger partial charge in [0.05, 0.1) is 57.3 Å². The van der Waals surface area contributed by atoms with Crippen LogP contribution in [0.2, 0.25) is 5.02 Å². The Morgan fingerprint density at radius 3 is 2.03 bits per heavy atom. The quantitative estimate of drug-likeness (QED) is 0.121. The number of anilines is 2. The second kappa shape index (κ2) is 14.0. The number of methoxy groups -OCH3 is 1. The normalized spacial score (nSPS) is 25.8. The number of fused-ring (bicyclic) bond motifs is 4. The van der Waals surface area contributed by atoms with Crippen molar-refractivity contribution in [1.29, 1.82) is 0 Å². The molecule has 0 aromatic heterocycles. The number of alkyl halides is 6. The molecule has 0 radical (unpaired) electrons. The molecule has 3 fully saturated rings. The molecule has 1 saturated carbocycles. The van der Waals surface area contributed by atoms with E-state index >= 15 is 4.79 Å². The summed E-state index contributed by atoms with van der Waals surface area (Å²) in [6.07, 6.45) is -9.23. The highest BCUT2D eigenvalue weighted by molar-refractivity contribution is 9.13. The van der Waals surface area contributed by atoms with Crippen molar-refractivity contribution in [2.75, 3.05) is 16.9 Å². The highest BCUT2D eigenvalue weighted by Gasteiger charge is 2.70. The maximum atomic E-state index is 15.5. The van der Waals surface area contributed by atoms with Crippen LogP contribution in [0.3, 0.4) is 0 Å². The third-order valence-corrected chi connectivity index (χ3v) is 14.1. The molecule has 58 heavy (non-hydrogen) atoms. The Morgan fingerprint density at radius 2 is 1.43 bits per heavy atom. The molecule has 8 rings (SSSR count). The molecule has 4 amide bonds. The monoisotopic (exact) mass is 950 g/mol. The summed E-state index contributed by atoms with van der Waals surface area (Å²) in [6.45, 7) is 0. The largest absolute Gasteiger partial charge is 0.503 e. The van der Waals surface area contributed by atoms with Gasteiger partial charge in [0.25, 0.3) is 0 Å². The number of nitrogens with zero attached hydrogens (tertiary/aromatic N) is 2. The number of imide groups is 2. The van der Waals surface area contributed by atoms with Crippen molar-refractivity contribution in [3.63, 3.8) is 0 Å². The predicted molar refractivity (Wildman–Crippen MR) is 205 cm³/mol. The molecule has 2 heterocycles. The van der Waals surface area contributed by atoms with Crippen molar-refractivity contribution < 1.29 is 55.4 Å². The zero-order chi connectivity index (χ0) is 41.8. The minimum absolute atomic E-state index is 0.0203. The van der Waals surface area contributed by atoms with Gasteiger partial charge in [0, 0.05) is 15.4 Å². The van der Waals surface area contributed by atoms with Crippen LogP contribution in [-0.2, 0) is 36.9 Å². The topological polar surface area (TPSA) is 104 Å². The van der Waals surface area contributed by atoms with E-state index in [4.69, 9.17) is 16.3 Å². The summed E-state index contributed by atoms with van der Waals surface area (Å²) in [6, 6.07) is 16.7. The SMILES string of the molecule is COc1cc([C@H]2C3=CC[C@@H]4C(=O)N(c5cc(C(F)(F)F)cc(C(F)(F)F)c5)C(=O)[C@@H]4[C@@H]3C[C@H]3C(=O)N(c4cccc(Cl)c4)C(=O)[C@@]23c2ccccc2)c(Br)c(Br)c1O. The van der Waals surface area contributed by atoms with Gasteiger partial charge in [0.1, 0.15) is 0 Å². The summed E-state index contributed by atoms with van der Waals surface area (Å²) in [5.41, 5.74) is -4.72. The number of phenolic OH excluding ortho intramolecular Hbond substituents is 1. The summed E-state index contributed by atoms with van der Waals surface area (Å²) in [5, 5.41) is 11.2. The van der Waals surface area contributed by atoms with Gasteiger partial charge < -0.3 is 9.84 Å². The number of phenols is 1. The van der Waals surface area contributed by atoms with E-state index < -0.39 is 87.8 Å². The summed E-state index contributed by atoms with van der Waals surface area (Å²) in [5.74, 6) is -9.66. The number of amides is 4. The average molecular weight is 953 g/mol. The van der Waals surface area contributed by atoms with E-state index in [0.29, 0.717) is 33.7 Å². The first kappa shape index (κ1) is 40.1. The molecule has 0 unspecified atom stereocenters. The van der Waals surface area contributed by atoms with E-state index in [1.807, 2.05) is 0 Å². The lowest BCUT2D eigenvalue weighted by atomic mass is 9.49. The minimum atomic E-state index is -5.25. The third kappa shape index (κ3) is 5.91. The van der Waals surface area contributed by atoms with E-state index in [-0.39, 0.29) is 50.1 Å². The fourth-order valence-electron chi connectivity index (χ4n) is 9.39. The van der Waals surface area contributed by atoms with Crippen molar-refractivity contribution in [2.24, 2.45) is 23.7 Å². The van der Waals surface area contributed by atoms with Crippen LogP contribution in [0.5, 0.6) is 11.5 Å². The Bertz CT molecular complexity index is 2450. The van der Waals surface area contributed by atoms with E-state index in [1.165, 1.54) is 25.3 Å². The van der Waals surface area contributed by atoms with Gasteiger partial charge in [-0.2, -0.15) is 26.3 Å². The van der Waals surface area contributed by atoms with Crippen LogP contribution in [0.1, 0.15) is 41.0 Å². The van der Waals surface area contributed by atoms with Crippen LogP contribution in [0.15, 0.2) is 99.5 Å². The zero-order valence-electron chi connectivity index (χ0n) is 29.7.